The van der Waals surface area contributed by atoms with Gasteiger partial charge in [-0.3, -0.25) is 4.98 Å². The van der Waals surface area contributed by atoms with E-state index in [4.69, 9.17) is 0 Å². The summed E-state index contributed by atoms with van der Waals surface area (Å²) in [6, 6.07) is 2.78. The highest BCUT2D eigenvalue weighted by molar-refractivity contribution is 5.18. The first kappa shape index (κ1) is 12.2. The quantitative estimate of drug-likeness (QED) is 0.801. The van der Waals surface area contributed by atoms with Crippen molar-refractivity contribution in [1.29, 1.82) is 0 Å². The van der Waals surface area contributed by atoms with Crippen LogP contribution >= 0.6 is 0 Å². The molecule has 0 atom stereocenters. The van der Waals surface area contributed by atoms with Gasteiger partial charge in [0.05, 0.1) is 0 Å². The van der Waals surface area contributed by atoms with E-state index in [1.807, 2.05) is 12.4 Å². The lowest BCUT2D eigenvalue weighted by atomic mass is 10.0. The molecule has 0 saturated carbocycles. The lowest BCUT2D eigenvalue weighted by Crippen LogP contribution is -2.21. The van der Waals surface area contributed by atoms with Gasteiger partial charge in [0, 0.05) is 25.0 Å². The molecule has 2 heteroatoms. The maximum atomic E-state index is 4.28. The maximum Gasteiger partial charge on any atom is 0.0313 e. The van der Waals surface area contributed by atoms with E-state index in [-0.39, 0.29) is 0 Å². The normalized spacial score (nSPS) is 11.3. The summed E-state index contributed by atoms with van der Waals surface area (Å²) < 4.78 is 0. The number of pyridine rings is 1. The van der Waals surface area contributed by atoms with E-state index in [0.717, 1.165) is 13.0 Å². The standard InChI is InChI=1S/C13H22N2/c1-10(2)5-12-6-13(8-14-7-12)9-15-11(3)4/h6-8,10-11,15H,5,9H2,1-4H3. The highest BCUT2D eigenvalue weighted by Gasteiger charge is 2.00. The molecule has 0 aliphatic heterocycles. The van der Waals surface area contributed by atoms with Gasteiger partial charge in [-0.1, -0.05) is 33.8 Å². The van der Waals surface area contributed by atoms with Crippen molar-refractivity contribution < 1.29 is 0 Å². The zero-order chi connectivity index (χ0) is 11.3. The third kappa shape index (κ3) is 4.93. The second kappa shape index (κ2) is 5.86. The summed E-state index contributed by atoms with van der Waals surface area (Å²) >= 11 is 0. The van der Waals surface area contributed by atoms with Crippen LogP contribution in [0.2, 0.25) is 0 Å². The fourth-order valence-corrected chi connectivity index (χ4v) is 1.54. The van der Waals surface area contributed by atoms with Gasteiger partial charge in [0.1, 0.15) is 0 Å². The second-order valence-electron chi connectivity index (χ2n) is 4.84. The van der Waals surface area contributed by atoms with Crippen LogP contribution in [0, 0.1) is 5.92 Å². The summed E-state index contributed by atoms with van der Waals surface area (Å²) in [7, 11) is 0. The SMILES string of the molecule is CC(C)Cc1cncc(CNC(C)C)c1. The Kier molecular flexibility index (Phi) is 4.76. The van der Waals surface area contributed by atoms with Crippen molar-refractivity contribution >= 4 is 0 Å². The van der Waals surface area contributed by atoms with Crippen molar-refractivity contribution in [3.05, 3.63) is 29.6 Å². The maximum absolute atomic E-state index is 4.28. The fourth-order valence-electron chi connectivity index (χ4n) is 1.54. The molecular formula is C13H22N2. The van der Waals surface area contributed by atoms with E-state index in [1.54, 1.807) is 0 Å². The summed E-state index contributed by atoms with van der Waals surface area (Å²) in [6.45, 7) is 9.70. The van der Waals surface area contributed by atoms with Gasteiger partial charge >= 0.3 is 0 Å². The first-order valence-electron chi connectivity index (χ1n) is 5.74. The van der Waals surface area contributed by atoms with E-state index in [0.29, 0.717) is 12.0 Å². The summed E-state index contributed by atoms with van der Waals surface area (Å²) in [5.74, 6) is 0.695. The average Bonchev–Trinajstić information content (AvgIpc) is 2.14. The molecule has 0 aliphatic carbocycles. The third-order valence-corrected chi connectivity index (χ3v) is 2.21. The van der Waals surface area contributed by atoms with Crippen molar-refractivity contribution in [3.63, 3.8) is 0 Å². The van der Waals surface area contributed by atoms with Crippen LogP contribution in [-0.4, -0.2) is 11.0 Å². The fraction of sp³-hybridized carbons (Fsp3) is 0.615. The molecule has 84 valence electrons. The minimum Gasteiger partial charge on any atom is -0.310 e. The number of rotatable bonds is 5. The molecule has 0 fully saturated rings. The molecule has 1 aromatic heterocycles. The van der Waals surface area contributed by atoms with Crippen LogP contribution in [0.15, 0.2) is 18.5 Å². The molecule has 15 heavy (non-hydrogen) atoms. The largest absolute Gasteiger partial charge is 0.310 e. The molecule has 0 amide bonds. The molecule has 1 N–H and O–H groups in total. The predicted molar refractivity (Wildman–Crippen MR) is 64.8 cm³/mol. The smallest absolute Gasteiger partial charge is 0.0313 e. The summed E-state index contributed by atoms with van der Waals surface area (Å²) in [4.78, 5) is 4.28. The van der Waals surface area contributed by atoms with Gasteiger partial charge in [-0.25, -0.2) is 0 Å². The van der Waals surface area contributed by atoms with Gasteiger partial charge in [-0.2, -0.15) is 0 Å². The number of aromatic nitrogens is 1. The molecule has 0 spiro atoms. The number of nitrogens with one attached hydrogen (secondary N) is 1. The third-order valence-electron chi connectivity index (χ3n) is 2.21. The summed E-state index contributed by atoms with van der Waals surface area (Å²) in [5.41, 5.74) is 2.62. The number of hydrogen-bond donors (Lipinski definition) is 1. The van der Waals surface area contributed by atoms with Crippen LogP contribution in [0.3, 0.4) is 0 Å². The first-order chi connectivity index (χ1) is 7.08. The molecule has 0 unspecified atom stereocenters. The van der Waals surface area contributed by atoms with Crippen LogP contribution in [0.1, 0.15) is 38.8 Å². The van der Waals surface area contributed by atoms with E-state index in [1.165, 1.54) is 11.1 Å². The molecule has 1 heterocycles. The first-order valence-corrected chi connectivity index (χ1v) is 5.74. The summed E-state index contributed by atoms with van der Waals surface area (Å²) in [6.07, 6.45) is 5.03. The van der Waals surface area contributed by atoms with E-state index < -0.39 is 0 Å². The van der Waals surface area contributed by atoms with Crippen LogP contribution in [-0.2, 0) is 13.0 Å². The van der Waals surface area contributed by atoms with Gasteiger partial charge in [0.25, 0.3) is 0 Å². The predicted octanol–water partition coefficient (Wildman–Crippen LogP) is 2.78. The molecule has 0 bridgehead atoms. The van der Waals surface area contributed by atoms with Gasteiger partial charge < -0.3 is 5.32 Å². The Bertz CT molecular complexity index is 292. The summed E-state index contributed by atoms with van der Waals surface area (Å²) in [5, 5.41) is 3.40. The van der Waals surface area contributed by atoms with E-state index in [2.05, 4.69) is 44.1 Å². The monoisotopic (exact) mass is 206 g/mol. The van der Waals surface area contributed by atoms with Crippen LogP contribution < -0.4 is 5.32 Å². The van der Waals surface area contributed by atoms with Crippen molar-refractivity contribution in [2.45, 2.75) is 46.7 Å². The highest BCUT2D eigenvalue weighted by Crippen LogP contribution is 2.08. The van der Waals surface area contributed by atoms with Crippen LogP contribution in [0.5, 0.6) is 0 Å². The minimum absolute atomic E-state index is 0.527. The van der Waals surface area contributed by atoms with E-state index >= 15 is 0 Å². The Morgan fingerprint density at radius 2 is 1.80 bits per heavy atom. The molecular weight excluding hydrogens is 184 g/mol. The molecule has 0 saturated heterocycles. The molecule has 0 aromatic carbocycles. The Labute approximate surface area is 93.1 Å². The zero-order valence-electron chi connectivity index (χ0n) is 10.2. The molecule has 2 nitrogen and oxygen atoms in total. The van der Waals surface area contributed by atoms with Crippen molar-refractivity contribution in [1.82, 2.24) is 10.3 Å². The van der Waals surface area contributed by atoms with Crippen LogP contribution in [0.4, 0.5) is 0 Å². The highest BCUT2D eigenvalue weighted by atomic mass is 14.9. The Morgan fingerprint density at radius 1 is 1.13 bits per heavy atom. The van der Waals surface area contributed by atoms with Crippen molar-refractivity contribution in [3.8, 4) is 0 Å². The van der Waals surface area contributed by atoms with Gasteiger partial charge in [0.2, 0.25) is 0 Å². The lowest BCUT2D eigenvalue weighted by Gasteiger charge is -2.09. The topological polar surface area (TPSA) is 24.9 Å². The Hall–Kier alpha value is -0.890. The van der Waals surface area contributed by atoms with E-state index in [9.17, 15) is 0 Å². The molecule has 1 rings (SSSR count). The van der Waals surface area contributed by atoms with Crippen molar-refractivity contribution in [2.24, 2.45) is 5.92 Å². The Balaban J connectivity index is 2.57. The number of hydrogen-bond acceptors (Lipinski definition) is 2. The van der Waals surface area contributed by atoms with Gasteiger partial charge in [-0.15, -0.1) is 0 Å². The Morgan fingerprint density at radius 3 is 2.40 bits per heavy atom. The van der Waals surface area contributed by atoms with Crippen LogP contribution in [0.25, 0.3) is 0 Å². The second-order valence-corrected chi connectivity index (χ2v) is 4.84. The van der Waals surface area contributed by atoms with Crippen molar-refractivity contribution in [2.75, 3.05) is 0 Å². The minimum atomic E-state index is 0.527. The van der Waals surface area contributed by atoms with Gasteiger partial charge in [0.15, 0.2) is 0 Å². The number of nitrogens with zero attached hydrogens (tertiary/aromatic N) is 1. The molecule has 1 aromatic rings. The van der Waals surface area contributed by atoms with Gasteiger partial charge in [-0.05, 0) is 23.5 Å². The molecule has 0 radical (unpaired) electrons. The average molecular weight is 206 g/mol. The lowest BCUT2D eigenvalue weighted by molar-refractivity contribution is 0.586. The zero-order valence-corrected chi connectivity index (χ0v) is 10.2. The molecule has 0 aliphatic rings.